The Bertz CT molecular complexity index is 1170. The first-order chi connectivity index (χ1) is 14.2. The van der Waals surface area contributed by atoms with Crippen LogP contribution in [0.4, 0.5) is 5.82 Å². The highest BCUT2D eigenvalue weighted by atomic mass is 32.2. The summed E-state index contributed by atoms with van der Waals surface area (Å²) >= 11 is 6.37. The van der Waals surface area contributed by atoms with Crippen LogP contribution in [0.5, 0.6) is 0 Å². The van der Waals surface area contributed by atoms with E-state index in [-0.39, 0.29) is 5.91 Å². The number of carbonyl (C=O) groups excluding carboxylic acids is 1. The highest BCUT2D eigenvalue weighted by Crippen LogP contribution is 2.33. The second-order valence-electron chi connectivity index (χ2n) is 7.06. The Hall–Kier alpha value is -2.77. The number of carbonyl (C=O) groups is 1. The molecule has 7 heteroatoms. The monoisotopic (exact) mass is 418 g/mol. The van der Waals surface area contributed by atoms with Gasteiger partial charge in [0.1, 0.15) is 10.0 Å². The van der Waals surface area contributed by atoms with Gasteiger partial charge in [0, 0.05) is 18.7 Å². The van der Waals surface area contributed by atoms with Crippen LogP contribution in [-0.4, -0.2) is 33.3 Å². The summed E-state index contributed by atoms with van der Waals surface area (Å²) < 4.78 is 0.495. The van der Waals surface area contributed by atoms with Gasteiger partial charge >= 0.3 is 0 Å². The third-order valence-corrected chi connectivity index (χ3v) is 6.22. The molecule has 0 atom stereocenters. The van der Waals surface area contributed by atoms with Gasteiger partial charge in [0.05, 0.1) is 15.9 Å². The van der Waals surface area contributed by atoms with E-state index in [0.717, 1.165) is 46.8 Å². The largest absolute Gasteiger partial charge is 0.355 e. The summed E-state index contributed by atoms with van der Waals surface area (Å²) in [6.07, 6.45) is 4.21. The molecule has 1 aromatic heterocycles. The van der Waals surface area contributed by atoms with E-state index < -0.39 is 0 Å². The number of nitrogens with zero attached hydrogens (tertiary/aromatic N) is 3. The second-order valence-corrected chi connectivity index (χ2v) is 8.78. The lowest BCUT2D eigenvalue weighted by atomic mass is 10.1. The van der Waals surface area contributed by atoms with Gasteiger partial charge in [-0.25, -0.2) is 9.97 Å². The molecule has 1 N–H and O–H groups in total. The van der Waals surface area contributed by atoms with Crippen molar-refractivity contribution in [3.8, 4) is 11.3 Å². The van der Waals surface area contributed by atoms with Crippen LogP contribution in [0.25, 0.3) is 28.4 Å². The molecule has 3 aromatic rings. The Labute approximate surface area is 178 Å². The number of thiocarbonyl (C=S) groups is 1. The van der Waals surface area contributed by atoms with Crippen LogP contribution in [0.2, 0.25) is 0 Å². The van der Waals surface area contributed by atoms with Crippen LogP contribution in [0.3, 0.4) is 0 Å². The lowest BCUT2D eigenvalue weighted by molar-refractivity contribution is -0.115. The Morgan fingerprint density at radius 1 is 1.03 bits per heavy atom. The van der Waals surface area contributed by atoms with Crippen LogP contribution >= 0.6 is 24.0 Å². The molecule has 1 amide bonds. The van der Waals surface area contributed by atoms with Crippen molar-refractivity contribution in [1.82, 2.24) is 15.3 Å². The van der Waals surface area contributed by atoms with Gasteiger partial charge in [0.25, 0.3) is 5.91 Å². The summed E-state index contributed by atoms with van der Waals surface area (Å²) in [6, 6.07) is 16.0. The number of benzene rings is 2. The predicted molar refractivity (Wildman–Crippen MR) is 123 cm³/mol. The van der Waals surface area contributed by atoms with Gasteiger partial charge in [-0.2, -0.15) is 0 Å². The molecule has 0 spiro atoms. The molecule has 144 valence electrons. The molecule has 2 aliphatic rings. The third kappa shape index (κ3) is 3.63. The Balaban J connectivity index is 1.61. The molecule has 0 unspecified atom stereocenters. The molecule has 3 heterocycles. The van der Waals surface area contributed by atoms with Gasteiger partial charge in [-0.05, 0) is 42.7 Å². The Kier molecular flexibility index (Phi) is 4.77. The zero-order chi connectivity index (χ0) is 19.8. The fourth-order valence-corrected chi connectivity index (χ4v) is 4.73. The van der Waals surface area contributed by atoms with E-state index >= 15 is 0 Å². The first kappa shape index (κ1) is 18.3. The summed E-state index contributed by atoms with van der Waals surface area (Å²) in [7, 11) is 0. The molecule has 5 rings (SSSR count). The van der Waals surface area contributed by atoms with E-state index in [1.54, 1.807) is 0 Å². The van der Waals surface area contributed by atoms with Gasteiger partial charge in [-0.15, -0.1) is 0 Å². The summed E-state index contributed by atoms with van der Waals surface area (Å²) in [4.78, 5) is 24.8. The molecule has 0 bridgehead atoms. The van der Waals surface area contributed by atoms with Crippen molar-refractivity contribution in [1.29, 1.82) is 0 Å². The zero-order valence-corrected chi connectivity index (χ0v) is 17.2. The van der Waals surface area contributed by atoms with Crippen molar-refractivity contribution >= 4 is 57.1 Å². The van der Waals surface area contributed by atoms with E-state index in [2.05, 4.69) is 16.3 Å². The lowest BCUT2D eigenvalue weighted by Gasteiger charge is -2.20. The maximum atomic E-state index is 12.0. The molecule has 29 heavy (non-hydrogen) atoms. The molecule has 0 saturated carbocycles. The number of aromatic nitrogens is 2. The maximum absolute atomic E-state index is 12.0. The topological polar surface area (TPSA) is 58.1 Å². The van der Waals surface area contributed by atoms with Gasteiger partial charge in [0.2, 0.25) is 0 Å². The Morgan fingerprint density at radius 2 is 1.79 bits per heavy atom. The molecule has 2 saturated heterocycles. The minimum Gasteiger partial charge on any atom is -0.355 e. The molecule has 0 radical (unpaired) electrons. The minimum absolute atomic E-state index is 0.145. The highest BCUT2D eigenvalue weighted by Gasteiger charge is 2.23. The number of fused-ring (bicyclic) bond motifs is 1. The van der Waals surface area contributed by atoms with Gasteiger partial charge in [-0.1, -0.05) is 54.3 Å². The highest BCUT2D eigenvalue weighted by molar-refractivity contribution is 8.26. The molecule has 5 nitrogen and oxygen atoms in total. The van der Waals surface area contributed by atoms with Gasteiger partial charge in [-0.3, -0.25) is 4.79 Å². The quantitative estimate of drug-likeness (QED) is 0.503. The molecule has 0 aliphatic carbocycles. The second kappa shape index (κ2) is 7.57. The summed E-state index contributed by atoms with van der Waals surface area (Å²) in [5.41, 5.74) is 4.59. The van der Waals surface area contributed by atoms with E-state index in [0.29, 0.717) is 9.23 Å². The number of amides is 1. The van der Waals surface area contributed by atoms with Crippen LogP contribution < -0.4 is 10.2 Å². The smallest absolute Gasteiger partial charge is 0.263 e. The van der Waals surface area contributed by atoms with Crippen molar-refractivity contribution in [2.24, 2.45) is 0 Å². The van der Waals surface area contributed by atoms with Crippen molar-refractivity contribution in [2.45, 2.75) is 12.8 Å². The van der Waals surface area contributed by atoms with Crippen molar-refractivity contribution < 1.29 is 4.79 Å². The van der Waals surface area contributed by atoms with Crippen LogP contribution in [0, 0.1) is 0 Å². The summed E-state index contributed by atoms with van der Waals surface area (Å²) in [5, 5.41) is 2.66. The number of rotatable bonds is 3. The predicted octanol–water partition coefficient (Wildman–Crippen LogP) is 4.39. The molecule has 2 aromatic carbocycles. The number of anilines is 1. The van der Waals surface area contributed by atoms with Gasteiger partial charge in [0.15, 0.2) is 5.82 Å². The first-order valence-electron chi connectivity index (χ1n) is 9.54. The molecular weight excluding hydrogens is 400 g/mol. The van der Waals surface area contributed by atoms with Crippen molar-refractivity contribution in [3.63, 3.8) is 0 Å². The lowest BCUT2D eigenvalue weighted by Crippen LogP contribution is -2.20. The molecule has 2 aliphatic heterocycles. The van der Waals surface area contributed by atoms with E-state index in [4.69, 9.17) is 22.2 Å². The number of hydrogen-bond acceptors (Lipinski definition) is 6. The average Bonchev–Trinajstić information content (AvgIpc) is 3.37. The van der Waals surface area contributed by atoms with Crippen molar-refractivity contribution in [3.05, 3.63) is 59.0 Å². The Morgan fingerprint density at radius 3 is 2.52 bits per heavy atom. The van der Waals surface area contributed by atoms with Crippen molar-refractivity contribution in [2.75, 3.05) is 18.0 Å². The van der Waals surface area contributed by atoms with Gasteiger partial charge < -0.3 is 10.2 Å². The van der Waals surface area contributed by atoms with E-state index in [9.17, 15) is 4.79 Å². The average molecular weight is 419 g/mol. The summed E-state index contributed by atoms with van der Waals surface area (Å²) in [5.74, 6) is 0.786. The van der Waals surface area contributed by atoms with Crippen LogP contribution in [0.1, 0.15) is 18.4 Å². The van der Waals surface area contributed by atoms with E-state index in [1.807, 2.05) is 48.5 Å². The minimum atomic E-state index is -0.145. The summed E-state index contributed by atoms with van der Waals surface area (Å²) in [6.45, 7) is 2.00. The van der Waals surface area contributed by atoms with Crippen LogP contribution in [0.15, 0.2) is 53.4 Å². The number of para-hydroxylation sites is 2. The SMILES string of the molecule is O=C1NC(=S)SC1=Cc1cccc(-c2nc3ccccc3nc2N2CCCC2)c1. The van der Waals surface area contributed by atoms with E-state index in [1.165, 1.54) is 24.6 Å². The standard InChI is InChI=1S/C22H18N4OS2/c27-21-18(29-22(28)25-21)13-14-6-5-7-15(12-14)19-20(26-10-3-4-11-26)24-17-9-2-1-8-16(17)23-19/h1-2,5-9,12-13H,3-4,10-11H2,(H,25,27,28). The first-order valence-corrected chi connectivity index (χ1v) is 10.8. The normalized spacial score (nSPS) is 18.1. The molecular formula is C22H18N4OS2. The third-order valence-electron chi connectivity index (χ3n) is 5.06. The maximum Gasteiger partial charge on any atom is 0.263 e. The van der Waals surface area contributed by atoms with Crippen LogP contribution in [-0.2, 0) is 4.79 Å². The zero-order valence-electron chi connectivity index (χ0n) is 15.6. The fraction of sp³-hybridized carbons (Fsp3) is 0.182. The number of nitrogens with one attached hydrogen (secondary N) is 1. The fourth-order valence-electron chi connectivity index (χ4n) is 3.68. The number of hydrogen-bond donors (Lipinski definition) is 1. The molecule has 2 fully saturated rings. The number of thioether (sulfide) groups is 1.